The maximum atomic E-state index is 11.1. The van der Waals surface area contributed by atoms with Crippen molar-refractivity contribution >= 4 is 11.5 Å². The van der Waals surface area contributed by atoms with Crippen LogP contribution in [0.5, 0.6) is 0 Å². The van der Waals surface area contributed by atoms with Crippen molar-refractivity contribution in [2.45, 2.75) is 33.1 Å². The Balaban J connectivity index is 3.55. The number of carbonyl (C=O) groups excluding carboxylic acids is 1. The molecule has 12 heavy (non-hydrogen) atoms. The summed E-state index contributed by atoms with van der Waals surface area (Å²) in [6.07, 6.45) is 2.52. The van der Waals surface area contributed by atoms with Gasteiger partial charge in [-0.2, -0.15) is 0 Å². The van der Waals surface area contributed by atoms with Crippen molar-refractivity contribution in [2.75, 3.05) is 13.2 Å². The number of hydrogen-bond acceptors (Lipinski definition) is 3. The molecule has 0 aliphatic rings. The van der Waals surface area contributed by atoms with Crippen molar-refractivity contribution in [3.63, 3.8) is 0 Å². The van der Waals surface area contributed by atoms with E-state index in [2.05, 4.69) is 0 Å². The Morgan fingerprint density at radius 3 is 2.58 bits per heavy atom. The molecular formula is C9H17NO2. The van der Waals surface area contributed by atoms with Crippen LogP contribution in [0, 0.1) is 5.41 Å². The predicted octanol–water partition coefficient (Wildman–Crippen LogP) is 1.80. The van der Waals surface area contributed by atoms with E-state index in [4.69, 9.17) is 10.1 Å². The lowest BCUT2D eigenvalue weighted by Crippen LogP contribution is -2.18. The van der Waals surface area contributed by atoms with Crippen molar-refractivity contribution in [1.29, 1.82) is 5.41 Å². The van der Waals surface area contributed by atoms with Crippen LogP contribution < -0.4 is 0 Å². The van der Waals surface area contributed by atoms with Crippen LogP contribution in [-0.2, 0) is 9.53 Å². The van der Waals surface area contributed by atoms with Gasteiger partial charge in [-0.3, -0.25) is 4.79 Å². The third-order valence-electron chi connectivity index (χ3n) is 1.55. The van der Waals surface area contributed by atoms with Gasteiger partial charge in [0.05, 0.1) is 5.71 Å². The molecule has 0 radical (unpaired) electrons. The first kappa shape index (κ1) is 11.3. The lowest BCUT2D eigenvalue weighted by molar-refractivity contribution is -0.117. The first-order valence-corrected chi connectivity index (χ1v) is 4.40. The Hall–Kier alpha value is -0.700. The van der Waals surface area contributed by atoms with Crippen molar-refractivity contribution < 1.29 is 9.53 Å². The third kappa shape index (κ3) is 5.02. The van der Waals surface area contributed by atoms with Gasteiger partial charge in [0.15, 0.2) is 0 Å². The molecule has 0 unspecified atom stereocenters. The number of unbranched alkanes of at least 4 members (excludes halogenated alkanes) is 1. The van der Waals surface area contributed by atoms with Crippen LogP contribution >= 0.6 is 0 Å². The van der Waals surface area contributed by atoms with Crippen LogP contribution in [0.15, 0.2) is 0 Å². The largest absolute Gasteiger partial charge is 0.374 e. The Labute approximate surface area is 73.6 Å². The van der Waals surface area contributed by atoms with Crippen LogP contribution in [-0.4, -0.2) is 24.7 Å². The zero-order chi connectivity index (χ0) is 9.40. The fourth-order valence-corrected chi connectivity index (χ4v) is 0.775. The number of hydrogen-bond donors (Lipinski definition) is 1. The number of ether oxygens (including phenoxy) is 1. The van der Waals surface area contributed by atoms with E-state index in [-0.39, 0.29) is 18.1 Å². The van der Waals surface area contributed by atoms with Crippen LogP contribution in [0.2, 0.25) is 0 Å². The summed E-state index contributed by atoms with van der Waals surface area (Å²) in [7, 11) is 0. The summed E-state index contributed by atoms with van der Waals surface area (Å²) in [5, 5.41) is 7.35. The monoisotopic (exact) mass is 171 g/mol. The first-order chi connectivity index (χ1) is 5.72. The first-order valence-electron chi connectivity index (χ1n) is 4.40. The topological polar surface area (TPSA) is 50.2 Å². The van der Waals surface area contributed by atoms with E-state index in [1.54, 1.807) is 0 Å². The van der Waals surface area contributed by atoms with Gasteiger partial charge in [0.2, 0.25) is 5.78 Å². The molecule has 0 aromatic heterocycles. The molecule has 3 heteroatoms. The summed E-state index contributed by atoms with van der Waals surface area (Å²) in [4.78, 5) is 11.1. The van der Waals surface area contributed by atoms with E-state index in [9.17, 15) is 4.79 Å². The standard InChI is InChI=1S/C9H17NO2/c1-3-5-6-8(10)9(11)7-12-4-2/h10H,3-7H2,1-2H3. The van der Waals surface area contributed by atoms with Gasteiger partial charge in [-0.05, 0) is 19.8 Å². The second-order valence-electron chi connectivity index (χ2n) is 2.64. The highest BCUT2D eigenvalue weighted by Gasteiger charge is 2.07. The zero-order valence-electron chi connectivity index (χ0n) is 7.85. The van der Waals surface area contributed by atoms with Crippen LogP contribution in [0.25, 0.3) is 0 Å². The summed E-state index contributed by atoms with van der Waals surface area (Å²) in [6.45, 7) is 4.48. The molecule has 0 heterocycles. The average molecular weight is 171 g/mol. The minimum Gasteiger partial charge on any atom is -0.374 e. The fourth-order valence-electron chi connectivity index (χ4n) is 0.775. The Morgan fingerprint density at radius 2 is 2.08 bits per heavy atom. The molecule has 0 aromatic rings. The van der Waals surface area contributed by atoms with Gasteiger partial charge in [-0.25, -0.2) is 0 Å². The molecule has 0 aliphatic heterocycles. The third-order valence-corrected chi connectivity index (χ3v) is 1.55. The van der Waals surface area contributed by atoms with Crippen molar-refractivity contribution in [1.82, 2.24) is 0 Å². The van der Waals surface area contributed by atoms with E-state index in [0.717, 1.165) is 12.8 Å². The maximum absolute atomic E-state index is 11.1. The number of Topliss-reactive ketones (excluding diaryl/α,β-unsaturated/α-hetero) is 1. The summed E-state index contributed by atoms with van der Waals surface area (Å²) < 4.78 is 4.91. The molecule has 0 saturated carbocycles. The molecule has 0 amide bonds. The molecule has 0 saturated heterocycles. The Kier molecular flexibility index (Phi) is 6.57. The summed E-state index contributed by atoms with van der Waals surface area (Å²) >= 11 is 0. The van der Waals surface area contributed by atoms with E-state index >= 15 is 0 Å². The van der Waals surface area contributed by atoms with E-state index in [1.807, 2.05) is 13.8 Å². The SMILES string of the molecule is CCCCC(=N)C(=O)COCC. The van der Waals surface area contributed by atoms with Gasteiger partial charge in [0, 0.05) is 6.61 Å². The quantitative estimate of drug-likeness (QED) is 0.594. The van der Waals surface area contributed by atoms with Gasteiger partial charge in [-0.15, -0.1) is 0 Å². The molecule has 3 nitrogen and oxygen atoms in total. The minimum absolute atomic E-state index is 0.0685. The normalized spacial score (nSPS) is 9.83. The number of ketones is 1. The van der Waals surface area contributed by atoms with Crippen molar-refractivity contribution in [3.8, 4) is 0 Å². The summed E-state index contributed by atoms with van der Waals surface area (Å²) in [5.74, 6) is -0.176. The van der Waals surface area contributed by atoms with Crippen molar-refractivity contribution in [2.24, 2.45) is 0 Å². The van der Waals surface area contributed by atoms with Gasteiger partial charge < -0.3 is 10.1 Å². The molecule has 0 atom stereocenters. The Bertz CT molecular complexity index is 137. The lowest BCUT2D eigenvalue weighted by Gasteiger charge is -2.01. The summed E-state index contributed by atoms with van der Waals surface area (Å²) in [5.41, 5.74) is 0.199. The highest BCUT2D eigenvalue weighted by molar-refractivity contribution is 6.39. The number of rotatable bonds is 7. The maximum Gasteiger partial charge on any atom is 0.201 e. The smallest absolute Gasteiger partial charge is 0.201 e. The number of nitrogens with one attached hydrogen (secondary N) is 1. The summed E-state index contributed by atoms with van der Waals surface area (Å²) in [6, 6.07) is 0. The van der Waals surface area contributed by atoms with Gasteiger partial charge in [-0.1, -0.05) is 13.3 Å². The molecule has 0 bridgehead atoms. The van der Waals surface area contributed by atoms with Crippen LogP contribution in [0.1, 0.15) is 33.1 Å². The molecule has 70 valence electrons. The van der Waals surface area contributed by atoms with E-state index in [0.29, 0.717) is 13.0 Å². The molecule has 0 aromatic carbocycles. The van der Waals surface area contributed by atoms with E-state index in [1.165, 1.54) is 0 Å². The van der Waals surface area contributed by atoms with Gasteiger partial charge >= 0.3 is 0 Å². The molecular weight excluding hydrogens is 154 g/mol. The Morgan fingerprint density at radius 1 is 1.42 bits per heavy atom. The zero-order valence-corrected chi connectivity index (χ0v) is 7.85. The van der Waals surface area contributed by atoms with Crippen LogP contribution in [0.3, 0.4) is 0 Å². The van der Waals surface area contributed by atoms with Crippen molar-refractivity contribution in [3.05, 3.63) is 0 Å². The predicted molar refractivity (Wildman–Crippen MR) is 48.8 cm³/mol. The lowest BCUT2D eigenvalue weighted by atomic mass is 10.1. The minimum atomic E-state index is -0.176. The van der Waals surface area contributed by atoms with Crippen LogP contribution in [0.4, 0.5) is 0 Å². The molecule has 0 spiro atoms. The number of carbonyl (C=O) groups is 1. The van der Waals surface area contributed by atoms with Gasteiger partial charge in [0.25, 0.3) is 0 Å². The molecule has 0 fully saturated rings. The molecule has 0 aliphatic carbocycles. The van der Waals surface area contributed by atoms with Gasteiger partial charge in [0.1, 0.15) is 6.61 Å². The highest BCUT2D eigenvalue weighted by Crippen LogP contribution is 1.96. The second-order valence-corrected chi connectivity index (χ2v) is 2.64. The fraction of sp³-hybridized carbons (Fsp3) is 0.778. The van der Waals surface area contributed by atoms with E-state index < -0.39 is 0 Å². The average Bonchev–Trinajstić information content (AvgIpc) is 2.10. The second kappa shape index (κ2) is 6.98. The highest BCUT2D eigenvalue weighted by atomic mass is 16.5. The molecule has 0 rings (SSSR count). The molecule has 1 N–H and O–H groups in total.